The molecule has 0 rings (SSSR count). The van der Waals surface area contributed by atoms with Gasteiger partial charge in [-0.3, -0.25) is 0 Å². The van der Waals surface area contributed by atoms with Gasteiger partial charge < -0.3 is 14.2 Å². The molecule has 0 aliphatic heterocycles. The molecule has 3 nitrogen and oxygen atoms in total. The topological polar surface area (TPSA) is 30.5 Å². The third-order valence-corrected chi connectivity index (χ3v) is 3.34. The summed E-state index contributed by atoms with van der Waals surface area (Å²) in [5.74, 6) is 0. The number of rotatable bonds is 8. The maximum atomic E-state index is 5.59. The number of hydrogen-bond acceptors (Lipinski definition) is 3. The van der Waals surface area contributed by atoms with E-state index in [4.69, 9.17) is 8.85 Å². The first-order valence-electron chi connectivity index (χ1n) is 4.72. The van der Waals surface area contributed by atoms with Crippen molar-refractivity contribution in [3.05, 3.63) is 0 Å². The Bertz CT molecular complexity index is 85.1. The molecular weight excluding hydrogens is 170 g/mol. The lowest BCUT2D eigenvalue weighted by Crippen LogP contribution is -2.35. The lowest BCUT2D eigenvalue weighted by Gasteiger charge is -2.15. The van der Waals surface area contributed by atoms with Crippen LogP contribution in [0.2, 0.25) is 0 Å². The summed E-state index contributed by atoms with van der Waals surface area (Å²) < 4.78 is 11.2. The average molecular weight is 191 g/mol. The Morgan fingerprint density at radius 3 is 1.92 bits per heavy atom. The van der Waals surface area contributed by atoms with Gasteiger partial charge in [-0.15, -0.1) is 0 Å². The molecule has 0 saturated carbocycles. The minimum absolute atomic E-state index is 0.836. The predicted molar refractivity (Wildman–Crippen MR) is 53.6 cm³/mol. The quantitative estimate of drug-likeness (QED) is 0.576. The Morgan fingerprint density at radius 2 is 1.58 bits per heavy atom. The summed E-state index contributed by atoms with van der Waals surface area (Å²) in [6, 6.07) is 0. The van der Waals surface area contributed by atoms with Crippen LogP contribution in [-0.4, -0.2) is 35.7 Å². The van der Waals surface area contributed by atoms with Gasteiger partial charge in [0.05, 0.1) is 0 Å². The minimum atomic E-state index is -1.38. The van der Waals surface area contributed by atoms with Gasteiger partial charge in [-0.1, -0.05) is 13.8 Å². The van der Waals surface area contributed by atoms with Crippen LogP contribution in [0.3, 0.4) is 0 Å². The predicted octanol–water partition coefficient (Wildman–Crippen LogP) is 0.819. The Labute approximate surface area is 77.3 Å². The lowest BCUT2D eigenvalue weighted by molar-refractivity contribution is 0.195. The van der Waals surface area contributed by atoms with Crippen LogP contribution in [0.15, 0.2) is 0 Å². The van der Waals surface area contributed by atoms with Gasteiger partial charge in [-0.05, 0) is 19.9 Å². The maximum Gasteiger partial charge on any atom is 0.335 e. The molecular formula is C8H21NO2Si. The van der Waals surface area contributed by atoms with Crippen LogP contribution in [0.5, 0.6) is 0 Å². The smallest absolute Gasteiger partial charge is 0.335 e. The summed E-state index contributed by atoms with van der Waals surface area (Å²) in [5.41, 5.74) is 0. The second-order valence-electron chi connectivity index (χ2n) is 2.73. The molecule has 1 N–H and O–H groups in total. The van der Waals surface area contributed by atoms with E-state index in [1.54, 1.807) is 0 Å². The molecule has 0 aromatic rings. The van der Waals surface area contributed by atoms with Gasteiger partial charge in [-0.25, -0.2) is 0 Å². The Kier molecular flexibility index (Phi) is 9.26. The fourth-order valence-electron chi connectivity index (χ4n) is 0.831. The van der Waals surface area contributed by atoms with Crippen LogP contribution in [-0.2, 0) is 8.85 Å². The highest BCUT2D eigenvalue weighted by Crippen LogP contribution is 1.91. The standard InChI is InChI=1S/C8H21NO2Si/c1-4-6-10-12(8-9-3)11-7-5-2/h9,12H,4-8H2,1-3H3. The second kappa shape index (κ2) is 9.19. The van der Waals surface area contributed by atoms with E-state index in [0.29, 0.717) is 0 Å². The van der Waals surface area contributed by atoms with E-state index < -0.39 is 9.28 Å². The molecule has 0 heterocycles. The fraction of sp³-hybridized carbons (Fsp3) is 1.00. The molecule has 12 heavy (non-hydrogen) atoms. The van der Waals surface area contributed by atoms with Crippen molar-refractivity contribution in [3.8, 4) is 0 Å². The zero-order chi connectivity index (χ0) is 9.23. The Morgan fingerprint density at radius 1 is 1.08 bits per heavy atom. The molecule has 4 heteroatoms. The van der Waals surface area contributed by atoms with E-state index >= 15 is 0 Å². The Hall–Kier alpha value is 0.0969. The summed E-state index contributed by atoms with van der Waals surface area (Å²) in [5, 5.41) is 3.10. The summed E-state index contributed by atoms with van der Waals surface area (Å²) in [6.07, 6.45) is 3.05. The molecule has 0 saturated heterocycles. The van der Waals surface area contributed by atoms with Crippen molar-refractivity contribution in [3.63, 3.8) is 0 Å². The van der Waals surface area contributed by atoms with E-state index in [-0.39, 0.29) is 0 Å². The van der Waals surface area contributed by atoms with Gasteiger partial charge in [0.15, 0.2) is 0 Å². The third kappa shape index (κ3) is 6.79. The van der Waals surface area contributed by atoms with Gasteiger partial charge in [-0.2, -0.15) is 0 Å². The van der Waals surface area contributed by atoms with Gasteiger partial charge in [0.1, 0.15) is 0 Å². The molecule has 0 radical (unpaired) electrons. The molecule has 0 fully saturated rings. The zero-order valence-electron chi connectivity index (χ0n) is 8.43. The molecule has 0 bridgehead atoms. The van der Waals surface area contributed by atoms with Crippen molar-refractivity contribution in [1.29, 1.82) is 0 Å². The van der Waals surface area contributed by atoms with E-state index in [1.165, 1.54) is 0 Å². The van der Waals surface area contributed by atoms with Gasteiger partial charge in [0.2, 0.25) is 0 Å². The first-order valence-corrected chi connectivity index (χ1v) is 6.48. The molecule has 0 aromatic heterocycles. The first-order chi connectivity index (χ1) is 5.85. The largest absolute Gasteiger partial charge is 0.396 e. The van der Waals surface area contributed by atoms with Crippen molar-refractivity contribution >= 4 is 9.28 Å². The fourth-order valence-corrected chi connectivity index (χ4v) is 2.49. The maximum absolute atomic E-state index is 5.59. The van der Waals surface area contributed by atoms with Crippen molar-refractivity contribution in [1.82, 2.24) is 5.32 Å². The Balaban J connectivity index is 3.40. The number of hydrogen-bond donors (Lipinski definition) is 1. The zero-order valence-corrected chi connectivity index (χ0v) is 9.58. The van der Waals surface area contributed by atoms with Crippen molar-refractivity contribution in [2.75, 3.05) is 26.4 Å². The highest BCUT2D eigenvalue weighted by Gasteiger charge is 2.10. The molecule has 0 amide bonds. The minimum Gasteiger partial charge on any atom is -0.396 e. The van der Waals surface area contributed by atoms with Crippen LogP contribution < -0.4 is 5.32 Å². The number of nitrogens with one attached hydrogen (secondary N) is 1. The van der Waals surface area contributed by atoms with Crippen LogP contribution in [0.4, 0.5) is 0 Å². The van der Waals surface area contributed by atoms with Crippen molar-refractivity contribution in [2.45, 2.75) is 26.7 Å². The molecule has 0 spiro atoms. The molecule has 0 atom stereocenters. The summed E-state index contributed by atoms with van der Waals surface area (Å²) >= 11 is 0. The normalized spacial score (nSPS) is 11.0. The van der Waals surface area contributed by atoms with Gasteiger partial charge in [0, 0.05) is 19.4 Å². The monoisotopic (exact) mass is 191 g/mol. The van der Waals surface area contributed by atoms with Crippen LogP contribution in [0, 0.1) is 0 Å². The highest BCUT2D eigenvalue weighted by atomic mass is 28.3. The second-order valence-corrected chi connectivity index (χ2v) is 4.66. The molecule has 0 aliphatic rings. The van der Waals surface area contributed by atoms with Crippen LogP contribution in [0.25, 0.3) is 0 Å². The van der Waals surface area contributed by atoms with Gasteiger partial charge in [0.25, 0.3) is 0 Å². The summed E-state index contributed by atoms with van der Waals surface area (Å²) in [4.78, 5) is 0. The van der Waals surface area contributed by atoms with Crippen LogP contribution >= 0.6 is 0 Å². The van der Waals surface area contributed by atoms with Crippen molar-refractivity contribution in [2.24, 2.45) is 0 Å². The average Bonchev–Trinajstić information content (AvgIpc) is 2.10. The molecule has 0 aliphatic carbocycles. The molecule has 0 aromatic carbocycles. The third-order valence-electron chi connectivity index (χ3n) is 1.39. The van der Waals surface area contributed by atoms with E-state index in [1.807, 2.05) is 7.05 Å². The van der Waals surface area contributed by atoms with Gasteiger partial charge >= 0.3 is 9.28 Å². The highest BCUT2D eigenvalue weighted by molar-refractivity contribution is 6.44. The van der Waals surface area contributed by atoms with E-state index in [9.17, 15) is 0 Å². The van der Waals surface area contributed by atoms with Crippen LogP contribution in [0.1, 0.15) is 26.7 Å². The summed E-state index contributed by atoms with van der Waals surface area (Å²) in [7, 11) is 0.555. The lowest BCUT2D eigenvalue weighted by atomic mass is 10.5. The molecule has 0 unspecified atom stereocenters. The van der Waals surface area contributed by atoms with E-state index in [0.717, 1.165) is 32.2 Å². The van der Waals surface area contributed by atoms with Crippen molar-refractivity contribution < 1.29 is 8.85 Å². The first kappa shape index (κ1) is 12.1. The molecule has 74 valence electrons. The SMILES string of the molecule is CCCO[SiH](CNC)OCCC. The van der Waals surface area contributed by atoms with E-state index in [2.05, 4.69) is 19.2 Å². The summed E-state index contributed by atoms with van der Waals surface area (Å²) in [6.45, 7) is 5.90.